The lowest BCUT2D eigenvalue weighted by Gasteiger charge is -2.12. The minimum absolute atomic E-state index is 0.478. The molecule has 0 atom stereocenters. The molecule has 0 bridgehead atoms. The summed E-state index contributed by atoms with van der Waals surface area (Å²) in [5.74, 6) is 0.818. The summed E-state index contributed by atoms with van der Waals surface area (Å²) in [4.78, 5) is 0. The van der Waals surface area contributed by atoms with Crippen LogP contribution in [0.5, 0.6) is 5.75 Å². The Balaban J connectivity index is 1.97. The fourth-order valence-electron chi connectivity index (χ4n) is 1.94. The van der Waals surface area contributed by atoms with E-state index in [0.717, 1.165) is 18.8 Å². The molecule has 0 spiro atoms. The summed E-state index contributed by atoms with van der Waals surface area (Å²) >= 11 is 0. The maximum atomic E-state index is 5.81. The highest BCUT2D eigenvalue weighted by Gasteiger charge is 2.04. The molecule has 0 aliphatic carbocycles. The fourth-order valence-corrected chi connectivity index (χ4v) is 1.94. The highest BCUT2D eigenvalue weighted by atomic mass is 16.5. The van der Waals surface area contributed by atoms with Crippen LogP contribution in [0.1, 0.15) is 31.9 Å². The van der Waals surface area contributed by atoms with E-state index in [2.05, 4.69) is 49.4 Å². The first-order chi connectivity index (χ1) is 9.69. The molecule has 20 heavy (non-hydrogen) atoms. The van der Waals surface area contributed by atoms with E-state index >= 15 is 0 Å². The van der Waals surface area contributed by atoms with Crippen LogP contribution in [0.4, 0.5) is 0 Å². The number of nitrogens with zero attached hydrogens (tertiary/aromatic N) is 2. The van der Waals surface area contributed by atoms with Crippen LogP contribution in [0, 0.1) is 0 Å². The van der Waals surface area contributed by atoms with Crippen LogP contribution in [0.2, 0.25) is 0 Å². The zero-order chi connectivity index (χ0) is 14.4. The smallest absolute Gasteiger partial charge is 0.157 e. The number of nitrogens with one attached hydrogen (secondary N) is 1. The van der Waals surface area contributed by atoms with Crippen molar-refractivity contribution in [2.24, 2.45) is 0 Å². The molecule has 0 saturated heterocycles. The van der Waals surface area contributed by atoms with Gasteiger partial charge in [-0.1, -0.05) is 38.1 Å². The summed E-state index contributed by atoms with van der Waals surface area (Å²) in [7, 11) is 0. The molecule has 2 rings (SSSR count). The van der Waals surface area contributed by atoms with Crippen molar-refractivity contribution in [2.45, 2.75) is 46.5 Å². The third-order valence-corrected chi connectivity index (χ3v) is 3.15. The molecule has 108 valence electrons. The standard InChI is InChI=1S/C16H23N3O/c1-4-19-11-16(10-18-19)20-12-15-8-6-5-7-14(15)9-17-13(2)3/h5-8,10-11,13,17H,4,9,12H2,1-3H3. The molecule has 0 fully saturated rings. The van der Waals surface area contributed by atoms with Gasteiger partial charge in [0.05, 0.1) is 12.4 Å². The minimum Gasteiger partial charge on any atom is -0.486 e. The number of aryl methyl sites for hydroxylation is 1. The van der Waals surface area contributed by atoms with Crippen molar-refractivity contribution < 1.29 is 4.74 Å². The van der Waals surface area contributed by atoms with Crippen molar-refractivity contribution in [1.29, 1.82) is 0 Å². The van der Waals surface area contributed by atoms with E-state index in [-0.39, 0.29) is 0 Å². The lowest BCUT2D eigenvalue weighted by Crippen LogP contribution is -2.22. The van der Waals surface area contributed by atoms with Gasteiger partial charge in [0.1, 0.15) is 6.61 Å². The number of ether oxygens (including phenoxy) is 1. The Bertz CT molecular complexity index is 534. The zero-order valence-electron chi connectivity index (χ0n) is 12.5. The second-order valence-corrected chi connectivity index (χ2v) is 5.12. The third kappa shape index (κ3) is 4.10. The number of rotatable bonds is 7. The van der Waals surface area contributed by atoms with Crippen molar-refractivity contribution in [3.05, 3.63) is 47.8 Å². The van der Waals surface area contributed by atoms with E-state index in [1.165, 1.54) is 11.1 Å². The molecular weight excluding hydrogens is 250 g/mol. The number of aromatic nitrogens is 2. The van der Waals surface area contributed by atoms with Crippen LogP contribution in [0.25, 0.3) is 0 Å². The van der Waals surface area contributed by atoms with Gasteiger partial charge in [-0.05, 0) is 18.1 Å². The molecule has 2 aromatic rings. The van der Waals surface area contributed by atoms with Gasteiger partial charge < -0.3 is 10.1 Å². The molecule has 0 aliphatic heterocycles. The first kappa shape index (κ1) is 14.6. The van der Waals surface area contributed by atoms with E-state index in [1.54, 1.807) is 6.20 Å². The first-order valence-electron chi connectivity index (χ1n) is 7.14. The Morgan fingerprint density at radius 2 is 2.00 bits per heavy atom. The quantitative estimate of drug-likeness (QED) is 0.843. The van der Waals surface area contributed by atoms with Gasteiger partial charge in [0.15, 0.2) is 5.75 Å². The molecule has 0 unspecified atom stereocenters. The molecule has 1 heterocycles. The topological polar surface area (TPSA) is 39.1 Å². The van der Waals surface area contributed by atoms with Crippen LogP contribution in [-0.2, 0) is 19.7 Å². The van der Waals surface area contributed by atoms with Gasteiger partial charge in [-0.15, -0.1) is 0 Å². The highest BCUT2D eigenvalue weighted by molar-refractivity contribution is 5.27. The average molecular weight is 273 g/mol. The lowest BCUT2D eigenvalue weighted by atomic mass is 10.1. The van der Waals surface area contributed by atoms with Gasteiger partial charge in [0.25, 0.3) is 0 Å². The largest absolute Gasteiger partial charge is 0.486 e. The molecule has 0 radical (unpaired) electrons. The molecule has 1 aromatic carbocycles. The van der Waals surface area contributed by atoms with Gasteiger partial charge >= 0.3 is 0 Å². The van der Waals surface area contributed by atoms with Crippen LogP contribution >= 0.6 is 0 Å². The Hall–Kier alpha value is -1.81. The van der Waals surface area contributed by atoms with Crippen LogP contribution in [0.15, 0.2) is 36.7 Å². The SMILES string of the molecule is CCn1cc(OCc2ccccc2CNC(C)C)cn1. The first-order valence-corrected chi connectivity index (χ1v) is 7.14. The second-order valence-electron chi connectivity index (χ2n) is 5.12. The predicted molar refractivity (Wildman–Crippen MR) is 80.7 cm³/mol. The van der Waals surface area contributed by atoms with E-state index in [9.17, 15) is 0 Å². The van der Waals surface area contributed by atoms with Gasteiger partial charge in [-0.2, -0.15) is 5.10 Å². The normalized spacial score (nSPS) is 11.0. The Morgan fingerprint density at radius 1 is 1.25 bits per heavy atom. The van der Waals surface area contributed by atoms with Crippen molar-refractivity contribution in [2.75, 3.05) is 0 Å². The summed E-state index contributed by atoms with van der Waals surface area (Å²) < 4.78 is 7.67. The van der Waals surface area contributed by atoms with Gasteiger partial charge in [-0.25, -0.2) is 0 Å². The van der Waals surface area contributed by atoms with Crippen molar-refractivity contribution in [3.63, 3.8) is 0 Å². The summed E-state index contributed by atoms with van der Waals surface area (Å²) in [6, 6.07) is 8.85. The highest BCUT2D eigenvalue weighted by Crippen LogP contribution is 2.14. The Morgan fingerprint density at radius 3 is 2.65 bits per heavy atom. The molecule has 0 saturated carbocycles. The van der Waals surface area contributed by atoms with E-state index < -0.39 is 0 Å². The maximum absolute atomic E-state index is 5.81. The zero-order valence-corrected chi connectivity index (χ0v) is 12.5. The molecule has 4 nitrogen and oxygen atoms in total. The third-order valence-electron chi connectivity index (χ3n) is 3.15. The summed E-state index contributed by atoms with van der Waals surface area (Å²) in [6.07, 6.45) is 3.69. The van der Waals surface area contributed by atoms with Crippen LogP contribution < -0.4 is 10.1 Å². The van der Waals surface area contributed by atoms with E-state index in [4.69, 9.17) is 4.74 Å². The van der Waals surface area contributed by atoms with Gasteiger partial charge in [0.2, 0.25) is 0 Å². The monoisotopic (exact) mass is 273 g/mol. The Labute approximate surface area is 120 Å². The molecule has 4 heteroatoms. The maximum Gasteiger partial charge on any atom is 0.157 e. The summed E-state index contributed by atoms with van der Waals surface area (Å²) in [5, 5.41) is 7.65. The van der Waals surface area contributed by atoms with Crippen LogP contribution in [0.3, 0.4) is 0 Å². The molecule has 1 N–H and O–H groups in total. The van der Waals surface area contributed by atoms with Gasteiger partial charge in [-0.3, -0.25) is 4.68 Å². The van der Waals surface area contributed by atoms with Crippen LogP contribution in [-0.4, -0.2) is 15.8 Å². The van der Waals surface area contributed by atoms with Crippen molar-refractivity contribution >= 4 is 0 Å². The lowest BCUT2D eigenvalue weighted by molar-refractivity contribution is 0.304. The Kier molecular flexibility index (Phi) is 5.18. The minimum atomic E-state index is 0.478. The molecule has 0 amide bonds. The molecular formula is C16H23N3O. The average Bonchev–Trinajstić information content (AvgIpc) is 2.91. The number of benzene rings is 1. The molecule has 1 aromatic heterocycles. The fraction of sp³-hybridized carbons (Fsp3) is 0.438. The number of hydrogen-bond acceptors (Lipinski definition) is 3. The van der Waals surface area contributed by atoms with Gasteiger partial charge in [0, 0.05) is 19.1 Å². The number of hydrogen-bond donors (Lipinski definition) is 1. The van der Waals surface area contributed by atoms with E-state index in [1.807, 2.05) is 16.9 Å². The van der Waals surface area contributed by atoms with Crippen molar-refractivity contribution in [3.8, 4) is 5.75 Å². The predicted octanol–water partition coefficient (Wildman–Crippen LogP) is 2.98. The molecule has 0 aliphatic rings. The summed E-state index contributed by atoms with van der Waals surface area (Å²) in [5.41, 5.74) is 2.49. The van der Waals surface area contributed by atoms with E-state index in [0.29, 0.717) is 12.6 Å². The second kappa shape index (κ2) is 7.10. The van der Waals surface area contributed by atoms with Crippen molar-refractivity contribution in [1.82, 2.24) is 15.1 Å². The summed E-state index contributed by atoms with van der Waals surface area (Å²) in [6.45, 7) is 8.66.